The number of ether oxygens (including phenoxy) is 1. The minimum atomic E-state index is -3.70. The van der Waals surface area contributed by atoms with Crippen LogP contribution in [0, 0.1) is 5.92 Å². The number of para-hydroxylation sites is 1. The largest absolute Gasteiger partial charge is 0.493 e. The van der Waals surface area contributed by atoms with E-state index in [1.807, 2.05) is 30.3 Å². The molecule has 0 aliphatic carbocycles. The standard InChI is InChI=1S/C23H29N3O5S/c24-32(29,30)21-8-6-18(7-9-21)10-14-25-23(28)19-11-15-26(16-12-19)22(27)13-17-31-20-4-2-1-3-5-20/h1-9,19H,10-17H2,(H,25,28)(H2,24,29,30). The van der Waals surface area contributed by atoms with Gasteiger partial charge < -0.3 is 15.0 Å². The van der Waals surface area contributed by atoms with E-state index in [9.17, 15) is 18.0 Å². The summed E-state index contributed by atoms with van der Waals surface area (Å²) in [5.74, 6) is 0.675. The van der Waals surface area contributed by atoms with E-state index in [1.54, 1.807) is 17.0 Å². The van der Waals surface area contributed by atoms with Crippen LogP contribution in [0.15, 0.2) is 59.5 Å². The van der Waals surface area contributed by atoms with Crippen LogP contribution in [-0.4, -0.2) is 51.4 Å². The number of amides is 2. The number of benzene rings is 2. The molecule has 2 amide bonds. The number of piperidine rings is 1. The number of hydrogen-bond donors (Lipinski definition) is 2. The molecule has 172 valence electrons. The van der Waals surface area contributed by atoms with E-state index in [-0.39, 0.29) is 22.6 Å². The van der Waals surface area contributed by atoms with Crippen molar-refractivity contribution in [3.8, 4) is 5.75 Å². The summed E-state index contributed by atoms with van der Waals surface area (Å²) in [5, 5.41) is 8.03. The number of nitrogens with zero attached hydrogens (tertiary/aromatic N) is 1. The van der Waals surface area contributed by atoms with E-state index in [1.165, 1.54) is 12.1 Å². The molecule has 0 atom stereocenters. The van der Waals surface area contributed by atoms with Crippen molar-refractivity contribution in [3.63, 3.8) is 0 Å². The number of hydrogen-bond acceptors (Lipinski definition) is 5. The van der Waals surface area contributed by atoms with Crippen molar-refractivity contribution in [1.82, 2.24) is 10.2 Å². The van der Waals surface area contributed by atoms with Gasteiger partial charge in [0, 0.05) is 25.6 Å². The lowest BCUT2D eigenvalue weighted by Crippen LogP contribution is -2.43. The highest BCUT2D eigenvalue weighted by atomic mass is 32.2. The van der Waals surface area contributed by atoms with Crippen molar-refractivity contribution in [1.29, 1.82) is 0 Å². The number of carbonyl (C=O) groups is 2. The molecule has 2 aromatic carbocycles. The van der Waals surface area contributed by atoms with Gasteiger partial charge in [-0.1, -0.05) is 30.3 Å². The summed E-state index contributed by atoms with van der Waals surface area (Å²) in [6, 6.07) is 15.7. The van der Waals surface area contributed by atoms with Gasteiger partial charge in [-0.25, -0.2) is 13.6 Å². The third-order valence-electron chi connectivity index (χ3n) is 5.51. The van der Waals surface area contributed by atoms with E-state index < -0.39 is 10.0 Å². The molecule has 3 N–H and O–H groups in total. The van der Waals surface area contributed by atoms with Gasteiger partial charge in [-0.05, 0) is 49.1 Å². The van der Waals surface area contributed by atoms with E-state index in [2.05, 4.69) is 5.32 Å². The van der Waals surface area contributed by atoms with E-state index in [4.69, 9.17) is 9.88 Å². The Labute approximate surface area is 188 Å². The fourth-order valence-corrected chi connectivity index (χ4v) is 4.16. The Hall–Kier alpha value is -2.91. The molecule has 1 heterocycles. The number of likely N-dealkylation sites (tertiary alicyclic amines) is 1. The lowest BCUT2D eigenvalue weighted by Gasteiger charge is -2.31. The van der Waals surface area contributed by atoms with Crippen molar-refractivity contribution in [2.24, 2.45) is 11.1 Å². The van der Waals surface area contributed by atoms with Crippen LogP contribution >= 0.6 is 0 Å². The molecule has 0 spiro atoms. The van der Waals surface area contributed by atoms with Gasteiger partial charge in [0.1, 0.15) is 5.75 Å². The van der Waals surface area contributed by atoms with Gasteiger partial charge in [0.05, 0.1) is 17.9 Å². The zero-order valence-electron chi connectivity index (χ0n) is 17.9. The first kappa shape index (κ1) is 23.7. The summed E-state index contributed by atoms with van der Waals surface area (Å²) in [4.78, 5) is 26.7. The number of primary sulfonamides is 1. The van der Waals surface area contributed by atoms with Crippen molar-refractivity contribution in [2.75, 3.05) is 26.2 Å². The maximum absolute atomic E-state index is 12.4. The molecule has 0 radical (unpaired) electrons. The molecule has 1 fully saturated rings. The number of sulfonamides is 1. The Balaban J connectivity index is 1.33. The van der Waals surface area contributed by atoms with Gasteiger partial charge in [0.2, 0.25) is 21.8 Å². The Bertz CT molecular complexity index is 1000. The van der Waals surface area contributed by atoms with Crippen molar-refractivity contribution >= 4 is 21.8 Å². The number of carbonyl (C=O) groups excluding carboxylic acids is 2. The SMILES string of the molecule is NS(=O)(=O)c1ccc(CCNC(=O)C2CCN(C(=O)CCOc3ccccc3)CC2)cc1. The molecule has 2 aromatic rings. The Morgan fingerprint density at radius 2 is 1.69 bits per heavy atom. The predicted molar refractivity (Wildman–Crippen MR) is 120 cm³/mol. The van der Waals surface area contributed by atoms with Crippen molar-refractivity contribution < 1.29 is 22.7 Å². The second-order valence-electron chi connectivity index (χ2n) is 7.80. The zero-order chi connectivity index (χ0) is 23.0. The smallest absolute Gasteiger partial charge is 0.238 e. The molecule has 8 nitrogen and oxygen atoms in total. The molecule has 0 aromatic heterocycles. The molecule has 32 heavy (non-hydrogen) atoms. The fraction of sp³-hybridized carbons (Fsp3) is 0.391. The van der Waals surface area contributed by atoms with Crippen LogP contribution in [0.5, 0.6) is 5.75 Å². The number of nitrogens with one attached hydrogen (secondary N) is 1. The van der Waals surface area contributed by atoms with Crippen molar-refractivity contribution in [3.05, 3.63) is 60.2 Å². The van der Waals surface area contributed by atoms with Gasteiger partial charge in [0.25, 0.3) is 0 Å². The van der Waals surface area contributed by atoms with Gasteiger partial charge in [-0.2, -0.15) is 0 Å². The first-order chi connectivity index (χ1) is 15.3. The maximum atomic E-state index is 12.4. The first-order valence-electron chi connectivity index (χ1n) is 10.7. The second-order valence-corrected chi connectivity index (χ2v) is 9.36. The molecule has 3 rings (SSSR count). The summed E-state index contributed by atoms with van der Waals surface area (Å²) in [6.07, 6.45) is 2.19. The molecule has 1 aliphatic rings. The Morgan fingerprint density at radius 1 is 1.03 bits per heavy atom. The minimum absolute atomic E-state index is 0.00864. The summed E-state index contributed by atoms with van der Waals surface area (Å²) >= 11 is 0. The molecule has 1 aliphatic heterocycles. The molecule has 0 bridgehead atoms. The normalized spacial score (nSPS) is 14.7. The summed E-state index contributed by atoms with van der Waals surface area (Å²) in [6.45, 7) is 1.93. The van der Waals surface area contributed by atoms with E-state index in [0.29, 0.717) is 51.9 Å². The highest BCUT2D eigenvalue weighted by molar-refractivity contribution is 7.89. The number of rotatable bonds is 9. The summed E-state index contributed by atoms with van der Waals surface area (Å²) in [7, 11) is -3.70. The van der Waals surface area contributed by atoms with E-state index >= 15 is 0 Å². The molecule has 0 saturated carbocycles. The van der Waals surface area contributed by atoms with Crippen LogP contribution in [0.3, 0.4) is 0 Å². The third-order valence-corrected chi connectivity index (χ3v) is 6.44. The molecular weight excluding hydrogens is 430 g/mol. The fourth-order valence-electron chi connectivity index (χ4n) is 3.64. The third kappa shape index (κ3) is 7.06. The predicted octanol–water partition coefficient (Wildman–Crippen LogP) is 1.70. The van der Waals surface area contributed by atoms with Crippen LogP contribution in [-0.2, 0) is 26.0 Å². The summed E-state index contributed by atoms with van der Waals surface area (Å²) < 4.78 is 28.2. The molecular formula is C23H29N3O5S. The minimum Gasteiger partial charge on any atom is -0.493 e. The lowest BCUT2D eigenvalue weighted by molar-refractivity contribution is -0.136. The highest BCUT2D eigenvalue weighted by Crippen LogP contribution is 2.18. The summed E-state index contributed by atoms with van der Waals surface area (Å²) in [5.41, 5.74) is 0.913. The average Bonchev–Trinajstić information content (AvgIpc) is 2.79. The zero-order valence-corrected chi connectivity index (χ0v) is 18.7. The first-order valence-corrected chi connectivity index (χ1v) is 12.2. The second kappa shape index (κ2) is 11.1. The van der Waals surface area contributed by atoms with Crippen LogP contribution < -0.4 is 15.2 Å². The Kier molecular flexibility index (Phi) is 8.24. The van der Waals surface area contributed by atoms with Crippen LogP contribution in [0.1, 0.15) is 24.8 Å². The maximum Gasteiger partial charge on any atom is 0.238 e. The quantitative estimate of drug-likeness (QED) is 0.592. The van der Waals surface area contributed by atoms with Crippen LogP contribution in [0.25, 0.3) is 0 Å². The Morgan fingerprint density at radius 3 is 2.31 bits per heavy atom. The van der Waals surface area contributed by atoms with Crippen molar-refractivity contribution in [2.45, 2.75) is 30.6 Å². The van der Waals surface area contributed by atoms with Gasteiger partial charge >= 0.3 is 0 Å². The number of nitrogens with two attached hydrogens (primary N) is 1. The molecule has 1 saturated heterocycles. The van der Waals surface area contributed by atoms with Crippen LogP contribution in [0.4, 0.5) is 0 Å². The lowest BCUT2D eigenvalue weighted by atomic mass is 9.95. The van der Waals surface area contributed by atoms with Crippen LogP contribution in [0.2, 0.25) is 0 Å². The highest BCUT2D eigenvalue weighted by Gasteiger charge is 2.27. The monoisotopic (exact) mass is 459 g/mol. The van der Waals surface area contributed by atoms with Gasteiger partial charge in [0.15, 0.2) is 0 Å². The average molecular weight is 460 g/mol. The van der Waals surface area contributed by atoms with Gasteiger partial charge in [-0.15, -0.1) is 0 Å². The van der Waals surface area contributed by atoms with E-state index in [0.717, 1.165) is 11.3 Å². The van der Waals surface area contributed by atoms with Gasteiger partial charge in [-0.3, -0.25) is 9.59 Å². The molecule has 0 unspecified atom stereocenters. The molecule has 9 heteroatoms. The topological polar surface area (TPSA) is 119 Å².